The van der Waals surface area contributed by atoms with Gasteiger partial charge in [-0.3, -0.25) is 5.21 Å². The lowest BCUT2D eigenvalue weighted by atomic mass is 10.5. The molecule has 14 heavy (non-hydrogen) atoms. The number of hydrogen-bond donors (Lipinski definition) is 1. The van der Waals surface area contributed by atoms with E-state index in [1.165, 1.54) is 14.2 Å². The zero-order valence-electron chi connectivity index (χ0n) is 7.55. The van der Waals surface area contributed by atoms with Gasteiger partial charge in [-0.25, -0.2) is 0 Å². The largest absolute Gasteiger partial charge is 0.490 e. The predicted octanol–water partition coefficient (Wildman–Crippen LogP) is 0.122. The average molecular weight is 200 g/mol. The van der Waals surface area contributed by atoms with Gasteiger partial charge in [0.25, 0.3) is 12.1 Å². The fraction of sp³-hybridized carbons (Fsp3) is 0.286. The summed E-state index contributed by atoms with van der Waals surface area (Å²) in [6.45, 7) is 0. The van der Waals surface area contributed by atoms with Gasteiger partial charge < -0.3 is 19.2 Å². The smallest absolute Gasteiger partial charge is 0.272 e. The zero-order valence-corrected chi connectivity index (χ0v) is 7.55. The first-order valence-electron chi connectivity index (χ1n) is 3.74. The van der Waals surface area contributed by atoms with E-state index < -0.39 is 0 Å². The quantitative estimate of drug-likeness (QED) is 0.550. The lowest BCUT2D eigenvalue weighted by Gasteiger charge is -2.02. The van der Waals surface area contributed by atoms with Gasteiger partial charge in [0.1, 0.15) is 0 Å². The first-order valence-corrected chi connectivity index (χ1v) is 3.74. The molecule has 0 unspecified atom stereocenters. The molecule has 0 spiro atoms. The lowest BCUT2D eigenvalue weighted by molar-refractivity contribution is -0.788. The van der Waals surface area contributed by atoms with Crippen LogP contribution < -0.4 is 14.4 Å². The predicted molar refractivity (Wildman–Crippen MR) is 43.5 cm³/mol. The van der Waals surface area contributed by atoms with Crippen LogP contribution in [0.1, 0.15) is 0 Å². The van der Waals surface area contributed by atoms with Crippen molar-refractivity contribution in [1.29, 1.82) is 0 Å². The van der Waals surface area contributed by atoms with E-state index in [2.05, 4.69) is 0 Å². The Morgan fingerprint density at radius 1 is 1.50 bits per heavy atom. The van der Waals surface area contributed by atoms with Crippen LogP contribution in [-0.4, -0.2) is 24.2 Å². The molecule has 2 aromatic heterocycles. The molecule has 0 fully saturated rings. The first-order chi connectivity index (χ1) is 6.69. The average Bonchev–Trinajstić information content (AvgIpc) is 2.63. The third kappa shape index (κ3) is 0.889. The van der Waals surface area contributed by atoms with Crippen LogP contribution in [0.5, 0.6) is 11.6 Å². The minimum absolute atomic E-state index is 0.0850. The van der Waals surface area contributed by atoms with Crippen molar-refractivity contribution in [1.82, 2.24) is 4.73 Å². The maximum Gasteiger partial charge on any atom is 0.272 e. The van der Waals surface area contributed by atoms with E-state index in [0.29, 0.717) is 4.73 Å². The van der Waals surface area contributed by atoms with Gasteiger partial charge in [-0.05, 0) is 0 Å². The van der Waals surface area contributed by atoms with Crippen molar-refractivity contribution >= 4 is 11.1 Å². The Labute approximate surface area is 78.2 Å². The first kappa shape index (κ1) is 8.54. The molecule has 76 valence electrons. The summed E-state index contributed by atoms with van der Waals surface area (Å²) >= 11 is 0. The molecule has 0 radical (unpaired) electrons. The van der Waals surface area contributed by atoms with Crippen molar-refractivity contribution in [2.75, 3.05) is 14.2 Å². The molecule has 0 aliphatic heterocycles. The molecule has 0 saturated heterocycles. The van der Waals surface area contributed by atoms with Gasteiger partial charge in [-0.2, -0.15) is 0 Å². The van der Waals surface area contributed by atoms with Gasteiger partial charge in [0.2, 0.25) is 5.75 Å². The van der Waals surface area contributed by atoms with Gasteiger partial charge >= 0.3 is 0 Å². The molecule has 0 saturated carbocycles. The second-order valence-corrected chi connectivity index (χ2v) is 2.57. The molecule has 2 rings (SSSR count). The fourth-order valence-electron chi connectivity index (χ4n) is 1.29. The summed E-state index contributed by atoms with van der Waals surface area (Å²) < 4.78 is 15.2. The zero-order chi connectivity index (χ0) is 10.3. The Kier molecular flexibility index (Phi) is 1.66. The van der Waals surface area contributed by atoms with Crippen LogP contribution in [0.4, 0.5) is 0 Å². The monoisotopic (exact) mass is 200 g/mol. The highest BCUT2D eigenvalue weighted by molar-refractivity contribution is 5.83. The van der Waals surface area contributed by atoms with E-state index in [4.69, 9.17) is 14.0 Å². The van der Waals surface area contributed by atoms with Crippen molar-refractivity contribution in [3.63, 3.8) is 0 Å². The number of rotatable bonds is 2. The van der Waals surface area contributed by atoms with Crippen LogP contribution in [0.25, 0.3) is 11.1 Å². The molecule has 0 aliphatic carbocycles. The highest BCUT2D eigenvalue weighted by Crippen LogP contribution is 2.37. The van der Waals surface area contributed by atoms with Gasteiger partial charge in [0.05, 0.1) is 14.2 Å². The summed E-state index contributed by atoms with van der Waals surface area (Å²) in [6.07, 6.45) is 1.07. The van der Waals surface area contributed by atoms with Gasteiger partial charge in [0.15, 0.2) is 11.1 Å². The minimum Gasteiger partial charge on any atom is -0.490 e. The van der Waals surface area contributed by atoms with Gasteiger partial charge in [-0.1, -0.05) is 0 Å². The molecule has 0 aliphatic rings. The van der Waals surface area contributed by atoms with E-state index in [-0.39, 0.29) is 27.6 Å². The van der Waals surface area contributed by atoms with Crippen LogP contribution >= 0.6 is 0 Å². The molecule has 7 nitrogen and oxygen atoms in total. The van der Waals surface area contributed by atoms with Crippen molar-refractivity contribution < 1.29 is 24.1 Å². The summed E-state index contributed by atoms with van der Waals surface area (Å²) in [7, 11) is 2.75. The topological polar surface area (TPSA) is 83.7 Å². The highest BCUT2D eigenvalue weighted by Gasteiger charge is 2.22. The number of ether oxygens (including phenoxy) is 2. The molecule has 0 bridgehead atoms. The Morgan fingerprint density at radius 2 is 2.21 bits per heavy atom. The molecule has 1 N–H and O–H groups in total. The number of methoxy groups -OCH3 is 2. The molecule has 2 heterocycles. The number of hydrogen-bond acceptors (Lipinski definition) is 5. The van der Waals surface area contributed by atoms with E-state index in [0.717, 1.165) is 6.20 Å². The molecule has 0 aromatic carbocycles. The van der Waals surface area contributed by atoms with E-state index in [9.17, 15) is 10.4 Å². The van der Waals surface area contributed by atoms with Crippen LogP contribution in [0.2, 0.25) is 0 Å². The highest BCUT2D eigenvalue weighted by atomic mass is 16.7. The maximum absolute atomic E-state index is 10.8. The summed E-state index contributed by atoms with van der Waals surface area (Å²) in [6, 6.07) is 0. The van der Waals surface area contributed by atoms with Crippen LogP contribution in [0.15, 0.2) is 10.7 Å². The second kappa shape index (κ2) is 2.72. The molecular formula is C7H8N2O5. The SMILES string of the molecule is COc1c(OC)n(O)c2c[n+]([O-])oc12. The number of fused-ring (bicyclic) bond motifs is 1. The van der Waals surface area contributed by atoms with Crippen LogP contribution in [0.3, 0.4) is 0 Å². The van der Waals surface area contributed by atoms with Crippen molar-refractivity contribution in [3.8, 4) is 11.6 Å². The Bertz CT molecular complexity index is 472. The molecule has 0 amide bonds. The summed E-state index contributed by atoms with van der Waals surface area (Å²) in [4.78, 5) is 0.222. The molecule has 7 heteroatoms. The second-order valence-electron chi connectivity index (χ2n) is 2.57. The van der Waals surface area contributed by atoms with E-state index >= 15 is 0 Å². The van der Waals surface area contributed by atoms with Gasteiger partial charge in [-0.15, -0.1) is 4.73 Å². The Hall–Kier alpha value is -2.05. The maximum atomic E-state index is 10.8. The third-order valence-electron chi connectivity index (χ3n) is 1.86. The Morgan fingerprint density at radius 3 is 2.79 bits per heavy atom. The van der Waals surface area contributed by atoms with Crippen LogP contribution in [-0.2, 0) is 0 Å². The standard InChI is InChI=1S/C7H8N2O5/c1-12-6-5-4(3-8(10)14-5)9(11)7(6)13-2/h3,11H,1-2H3. The van der Waals surface area contributed by atoms with Crippen molar-refractivity contribution in [2.45, 2.75) is 0 Å². The Balaban J connectivity index is 2.81. The lowest BCUT2D eigenvalue weighted by Crippen LogP contribution is -2.20. The van der Waals surface area contributed by atoms with Gasteiger partial charge in [0, 0.05) is 4.90 Å². The molecule has 0 atom stereocenters. The summed E-state index contributed by atoms with van der Waals surface area (Å²) in [5, 5.41) is 20.3. The number of aromatic nitrogens is 2. The molecular weight excluding hydrogens is 192 g/mol. The number of nitrogens with zero attached hydrogens (tertiary/aromatic N) is 2. The summed E-state index contributed by atoms with van der Waals surface area (Å²) in [5.41, 5.74) is 0.329. The van der Waals surface area contributed by atoms with E-state index in [1.807, 2.05) is 0 Å². The van der Waals surface area contributed by atoms with Crippen LogP contribution in [0, 0.1) is 5.21 Å². The van der Waals surface area contributed by atoms with Crippen molar-refractivity contribution in [3.05, 3.63) is 11.4 Å². The van der Waals surface area contributed by atoms with E-state index in [1.54, 1.807) is 0 Å². The third-order valence-corrected chi connectivity index (χ3v) is 1.86. The minimum atomic E-state index is 0.0850. The normalized spacial score (nSPS) is 10.7. The van der Waals surface area contributed by atoms with Crippen molar-refractivity contribution in [2.24, 2.45) is 0 Å². The summed E-state index contributed by atoms with van der Waals surface area (Å²) in [5.74, 6) is 0.265. The molecule has 2 aromatic rings. The fourth-order valence-corrected chi connectivity index (χ4v) is 1.29.